The van der Waals surface area contributed by atoms with Gasteiger partial charge < -0.3 is 11.1 Å². The first-order valence-corrected chi connectivity index (χ1v) is 8.08. The van der Waals surface area contributed by atoms with E-state index in [1.165, 1.54) is 6.07 Å². The minimum atomic E-state index is -3.58. The van der Waals surface area contributed by atoms with Gasteiger partial charge in [-0.25, -0.2) is 13.1 Å². The van der Waals surface area contributed by atoms with E-state index in [2.05, 4.69) is 10.0 Å². The van der Waals surface area contributed by atoms with Gasteiger partial charge in [0.15, 0.2) is 0 Å². The summed E-state index contributed by atoms with van der Waals surface area (Å²) in [5.41, 5.74) is 7.01. The predicted molar refractivity (Wildman–Crippen MR) is 74.7 cm³/mol. The molecular weight excluding hydrogens is 278 g/mol. The quantitative estimate of drug-likeness (QED) is 0.745. The molecule has 20 heavy (non-hydrogen) atoms. The zero-order chi connectivity index (χ0) is 14.4. The van der Waals surface area contributed by atoms with Gasteiger partial charge in [-0.1, -0.05) is 0 Å². The van der Waals surface area contributed by atoms with Crippen LogP contribution in [0.1, 0.15) is 24.8 Å². The van der Waals surface area contributed by atoms with E-state index >= 15 is 0 Å². The second-order valence-electron chi connectivity index (χ2n) is 5.58. The first-order valence-electron chi connectivity index (χ1n) is 6.59. The number of amides is 1. The molecule has 6 nitrogen and oxygen atoms in total. The Hall–Kier alpha value is -1.44. The lowest BCUT2D eigenvalue weighted by Crippen LogP contribution is -2.54. The van der Waals surface area contributed by atoms with Crippen LogP contribution in [0.3, 0.4) is 0 Å². The van der Waals surface area contributed by atoms with Crippen molar-refractivity contribution >= 4 is 21.6 Å². The van der Waals surface area contributed by atoms with Crippen molar-refractivity contribution in [2.45, 2.75) is 36.1 Å². The predicted octanol–water partition coefficient (Wildman–Crippen LogP) is 0.341. The molecule has 1 fully saturated rings. The summed E-state index contributed by atoms with van der Waals surface area (Å²) < 4.78 is 27.0. The van der Waals surface area contributed by atoms with E-state index in [-0.39, 0.29) is 23.8 Å². The van der Waals surface area contributed by atoms with Crippen LogP contribution < -0.4 is 15.8 Å². The Morgan fingerprint density at radius 1 is 1.35 bits per heavy atom. The fourth-order valence-corrected chi connectivity index (χ4v) is 3.69. The molecule has 0 spiro atoms. The molecular formula is C13H17N3O3S. The van der Waals surface area contributed by atoms with E-state index < -0.39 is 15.6 Å². The summed E-state index contributed by atoms with van der Waals surface area (Å²) in [6.45, 7) is 0.254. The summed E-state index contributed by atoms with van der Waals surface area (Å²) in [5.74, 6) is -0.113. The van der Waals surface area contributed by atoms with Crippen LogP contribution in [0.5, 0.6) is 0 Å². The topological polar surface area (TPSA) is 101 Å². The van der Waals surface area contributed by atoms with Crippen molar-refractivity contribution in [2.24, 2.45) is 5.73 Å². The SMILES string of the molecule is NC1(CNS(=O)(=O)c2ccc3c(c2)CC(=O)N3)CCC1. The summed E-state index contributed by atoms with van der Waals surface area (Å²) in [4.78, 5) is 11.4. The Morgan fingerprint density at radius 2 is 2.10 bits per heavy atom. The number of benzene rings is 1. The van der Waals surface area contributed by atoms with E-state index in [0.717, 1.165) is 19.3 Å². The van der Waals surface area contributed by atoms with Crippen LogP contribution in [0.2, 0.25) is 0 Å². The average Bonchev–Trinajstić information content (AvgIpc) is 2.73. The molecule has 1 aliphatic carbocycles. The monoisotopic (exact) mass is 295 g/mol. The molecule has 0 radical (unpaired) electrons. The molecule has 1 aromatic rings. The van der Waals surface area contributed by atoms with Crippen molar-refractivity contribution in [1.29, 1.82) is 0 Å². The number of hydrogen-bond acceptors (Lipinski definition) is 4. The number of fused-ring (bicyclic) bond motifs is 1. The molecule has 1 heterocycles. The van der Waals surface area contributed by atoms with Crippen LogP contribution in [0.4, 0.5) is 5.69 Å². The first-order chi connectivity index (χ1) is 9.38. The minimum absolute atomic E-state index is 0.113. The third-order valence-corrected chi connectivity index (χ3v) is 5.37. The van der Waals surface area contributed by atoms with Crippen molar-refractivity contribution in [1.82, 2.24) is 4.72 Å². The molecule has 1 amide bonds. The number of sulfonamides is 1. The number of carbonyl (C=O) groups excluding carboxylic acids is 1. The zero-order valence-electron chi connectivity index (χ0n) is 11.0. The Balaban J connectivity index is 1.78. The Kier molecular flexibility index (Phi) is 3.07. The number of carbonyl (C=O) groups is 1. The van der Waals surface area contributed by atoms with Crippen LogP contribution in [0.25, 0.3) is 0 Å². The van der Waals surface area contributed by atoms with Crippen LogP contribution in [-0.4, -0.2) is 26.4 Å². The van der Waals surface area contributed by atoms with Gasteiger partial charge in [-0.2, -0.15) is 0 Å². The standard InChI is InChI=1S/C13H17N3O3S/c14-13(4-1-5-13)8-15-20(18,19)10-2-3-11-9(6-10)7-12(17)16-11/h2-3,6,15H,1,4-5,7-8,14H2,(H,16,17). The molecule has 2 aliphatic rings. The van der Waals surface area contributed by atoms with E-state index in [0.29, 0.717) is 11.3 Å². The van der Waals surface area contributed by atoms with Crippen molar-refractivity contribution in [3.63, 3.8) is 0 Å². The van der Waals surface area contributed by atoms with E-state index in [4.69, 9.17) is 5.73 Å². The Labute approximate surface area is 117 Å². The minimum Gasteiger partial charge on any atom is -0.326 e. The van der Waals surface area contributed by atoms with Crippen LogP contribution in [0, 0.1) is 0 Å². The molecule has 1 saturated carbocycles. The van der Waals surface area contributed by atoms with Crippen molar-refractivity contribution in [3.05, 3.63) is 23.8 Å². The molecule has 1 aromatic carbocycles. The summed E-state index contributed by atoms with van der Waals surface area (Å²) in [7, 11) is -3.58. The van der Waals surface area contributed by atoms with Gasteiger partial charge in [0.1, 0.15) is 0 Å². The molecule has 0 bridgehead atoms. The highest BCUT2D eigenvalue weighted by Gasteiger charge is 2.34. The average molecular weight is 295 g/mol. The maximum Gasteiger partial charge on any atom is 0.240 e. The molecule has 0 atom stereocenters. The van der Waals surface area contributed by atoms with Crippen molar-refractivity contribution in [2.75, 3.05) is 11.9 Å². The number of nitrogens with one attached hydrogen (secondary N) is 2. The lowest BCUT2D eigenvalue weighted by atomic mass is 9.78. The van der Waals surface area contributed by atoms with Gasteiger partial charge in [0, 0.05) is 17.8 Å². The highest BCUT2D eigenvalue weighted by molar-refractivity contribution is 7.89. The second kappa shape index (κ2) is 4.54. The molecule has 1 aliphatic heterocycles. The van der Waals surface area contributed by atoms with Gasteiger partial charge >= 0.3 is 0 Å². The zero-order valence-corrected chi connectivity index (χ0v) is 11.8. The van der Waals surface area contributed by atoms with Crippen molar-refractivity contribution < 1.29 is 13.2 Å². The summed E-state index contributed by atoms with van der Waals surface area (Å²) in [6, 6.07) is 4.66. The number of rotatable bonds is 4. The molecule has 3 rings (SSSR count). The summed E-state index contributed by atoms with van der Waals surface area (Å²) >= 11 is 0. The van der Waals surface area contributed by atoms with E-state index in [1.807, 2.05) is 0 Å². The van der Waals surface area contributed by atoms with E-state index in [1.54, 1.807) is 12.1 Å². The first kappa shape index (κ1) is 13.5. The largest absolute Gasteiger partial charge is 0.326 e. The van der Waals surface area contributed by atoms with Crippen LogP contribution in [-0.2, 0) is 21.2 Å². The van der Waals surface area contributed by atoms with Gasteiger partial charge in [0.05, 0.1) is 11.3 Å². The summed E-state index contributed by atoms with van der Waals surface area (Å²) in [6.07, 6.45) is 2.96. The van der Waals surface area contributed by atoms with E-state index in [9.17, 15) is 13.2 Å². The number of hydrogen-bond donors (Lipinski definition) is 3. The highest BCUT2D eigenvalue weighted by Crippen LogP contribution is 2.29. The van der Waals surface area contributed by atoms with Gasteiger partial charge in [-0.05, 0) is 43.0 Å². The highest BCUT2D eigenvalue weighted by atomic mass is 32.2. The van der Waals surface area contributed by atoms with Gasteiger partial charge in [-0.3, -0.25) is 4.79 Å². The Morgan fingerprint density at radius 3 is 2.75 bits per heavy atom. The Bertz CT molecular complexity index is 665. The van der Waals surface area contributed by atoms with Gasteiger partial charge in [-0.15, -0.1) is 0 Å². The maximum atomic E-state index is 12.2. The van der Waals surface area contributed by atoms with Crippen molar-refractivity contribution in [3.8, 4) is 0 Å². The summed E-state index contributed by atoms with van der Waals surface area (Å²) in [5, 5.41) is 2.68. The third kappa shape index (κ3) is 2.44. The fourth-order valence-electron chi connectivity index (χ4n) is 2.50. The molecule has 0 saturated heterocycles. The molecule has 4 N–H and O–H groups in total. The third-order valence-electron chi connectivity index (χ3n) is 3.98. The fraction of sp³-hybridized carbons (Fsp3) is 0.462. The maximum absolute atomic E-state index is 12.2. The number of anilines is 1. The normalized spacial score (nSPS) is 20.1. The lowest BCUT2D eigenvalue weighted by molar-refractivity contribution is -0.115. The van der Waals surface area contributed by atoms with Gasteiger partial charge in [0.2, 0.25) is 15.9 Å². The molecule has 0 unspecified atom stereocenters. The van der Waals surface area contributed by atoms with Crippen LogP contribution >= 0.6 is 0 Å². The number of nitrogens with two attached hydrogens (primary N) is 1. The lowest BCUT2D eigenvalue weighted by Gasteiger charge is -2.38. The smallest absolute Gasteiger partial charge is 0.240 e. The molecule has 7 heteroatoms. The molecule has 108 valence electrons. The van der Waals surface area contributed by atoms with Crippen LogP contribution in [0.15, 0.2) is 23.1 Å². The second-order valence-corrected chi connectivity index (χ2v) is 7.35. The molecule has 0 aromatic heterocycles. The van der Waals surface area contributed by atoms with Gasteiger partial charge in [0.25, 0.3) is 0 Å².